The number of nitrogens with one attached hydrogen (secondary N) is 1. The van der Waals surface area contributed by atoms with Crippen LogP contribution < -0.4 is 5.32 Å². The second-order valence-corrected chi connectivity index (χ2v) is 9.64. The number of carbonyl (C=O) groups is 2. The first-order valence-corrected chi connectivity index (χ1v) is 12.2. The quantitative estimate of drug-likeness (QED) is 0.369. The maximum absolute atomic E-state index is 13.5. The van der Waals surface area contributed by atoms with Gasteiger partial charge in [0.05, 0.1) is 18.8 Å². The molecule has 2 aromatic carbocycles. The molecule has 0 bridgehead atoms. The molecule has 0 aliphatic carbocycles. The van der Waals surface area contributed by atoms with Crippen molar-refractivity contribution in [2.45, 2.75) is 13.8 Å². The number of carbonyl (C=O) groups excluding carboxylic acids is 2. The summed E-state index contributed by atoms with van der Waals surface area (Å²) in [5.74, 6) is -0.307. The van der Waals surface area contributed by atoms with Crippen molar-refractivity contribution < 1.29 is 18.7 Å². The maximum Gasteiger partial charge on any atom is 0.292 e. The van der Waals surface area contributed by atoms with Crippen molar-refractivity contribution >= 4 is 50.7 Å². The third-order valence-corrected chi connectivity index (χ3v) is 7.52. The van der Waals surface area contributed by atoms with Crippen molar-refractivity contribution in [2.24, 2.45) is 0 Å². The number of anilines is 1. The zero-order chi connectivity index (χ0) is 23.8. The summed E-state index contributed by atoms with van der Waals surface area (Å²) < 4.78 is 11.3. The molecule has 174 valence electrons. The zero-order valence-electron chi connectivity index (χ0n) is 18.8. The van der Waals surface area contributed by atoms with Gasteiger partial charge in [-0.05, 0) is 43.2 Å². The summed E-state index contributed by atoms with van der Waals surface area (Å²) in [4.78, 5) is 29.6. The molecule has 1 aliphatic rings. The number of thiophene rings is 1. The van der Waals surface area contributed by atoms with Crippen LogP contribution in [0.1, 0.15) is 32.0 Å². The number of furan rings is 1. The highest BCUT2D eigenvalue weighted by Gasteiger charge is 2.29. The Morgan fingerprint density at radius 1 is 1.03 bits per heavy atom. The zero-order valence-corrected chi connectivity index (χ0v) is 20.4. The average molecular weight is 495 g/mol. The van der Waals surface area contributed by atoms with Crippen molar-refractivity contribution in [3.63, 3.8) is 0 Å². The lowest BCUT2D eigenvalue weighted by molar-refractivity contribution is 0.0303. The Kier molecular flexibility index (Phi) is 6.16. The predicted octanol–water partition coefficient (Wildman–Crippen LogP) is 6.16. The van der Waals surface area contributed by atoms with E-state index in [1.807, 2.05) is 44.2 Å². The molecule has 0 spiro atoms. The molecule has 2 amide bonds. The van der Waals surface area contributed by atoms with Gasteiger partial charge in [0.2, 0.25) is 0 Å². The summed E-state index contributed by atoms with van der Waals surface area (Å²) in [6.45, 7) is 5.80. The van der Waals surface area contributed by atoms with Crippen LogP contribution in [0, 0.1) is 13.8 Å². The highest BCUT2D eigenvalue weighted by atomic mass is 35.5. The molecule has 0 atom stereocenters. The van der Waals surface area contributed by atoms with Crippen LogP contribution >= 0.6 is 22.9 Å². The van der Waals surface area contributed by atoms with Crippen LogP contribution in [0.15, 0.2) is 52.9 Å². The molecule has 5 rings (SSSR count). The first kappa shape index (κ1) is 22.7. The third kappa shape index (κ3) is 4.11. The topological polar surface area (TPSA) is 71.8 Å². The van der Waals surface area contributed by atoms with Crippen LogP contribution in [0.5, 0.6) is 0 Å². The molecule has 1 saturated heterocycles. The van der Waals surface area contributed by atoms with E-state index in [1.54, 1.807) is 23.1 Å². The van der Waals surface area contributed by atoms with E-state index in [0.717, 1.165) is 21.4 Å². The summed E-state index contributed by atoms with van der Waals surface area (Å²) in [5.41, 5.74) is 3.64. The van der Waals surface area contributed by atoms with Gasteiger partial charge < -0.3 is 19.4 Å². The number of amides is 2. The van der Waals surface area contributed by atoms with Gasteiger partial charge in [0, 0.05) is 33.9 Å². The minimum Gasteiger partial charge on any atom is -0.451 e. The van der Waals surface area contributed by atoms with E-state index in [-0.39, 0.29) is 11.7 Å². The van der Waals surface area contributed by atoms with Crippen molar-refractivity contribution in [3.8, 4) is 10.4 Å². The van der Waals surface area contributed by atoms with E-state index in [9.17, 15) is 9.59 Å². The molecule has 1 aliphatic heterocycles. The maximum atomic E-state index is 13.5. The molecule has 1 fully saturated rings. The number of hydrogen-bond acceptors (Lipinski definition) is 5. The van der Waals surface area contributed by atoms with E-state index in [0.29, 0.717) is 53.0 Å². The largest absolute Gasteiger partial charge is 0.451 e. The second kappa shape index (κ2) is 9.25. The van der Waals surface area contributed by atoms with Gasteiger partial charge in [-0.3, -0.25) is 9.59 Å². The van der Waals surface area contributed by atoms with Crippen LogP contribution in [0.2, 0.25) is 5.02 Å². The fourth-order valence-corrected chi connectivity index (χ4v) is 5.59. The van der Waals surface area contributed by atoms with Gasteiger partial charge in [-0.25, -0.2) is 0 Å². The number of ether oxygens (including phenoxy) is 1. The van der Waals surface area contributed by atoms with E-state index in [1.165, 1.54) is 11.3 Å². The first-order valence-electron chi connectivity index (χ1n) is 11.0. The van der Waals surface area contributed by atoms with Crippen LogP contribution in [0.25, 0.3) is 21.4 Å². The SMILES string of the molecule is Cc1c(-c2ccccc2)sc(NC(=O)c2oc3ccc(Cl)cc3c2C)c1C(=O)N1CCOCC1. The number of rotatable bonds is 4. The van der Waals surface area contributed by atoms with Crippen molar-refractivity contribution in [3.05, 3.63) is 76.0 Å². The fourth-order valence-electron chi connectivity index (χ4n) is 4.22. The van der Waals surface area contributed by atoms with Crippen LogP contribution in [-0.2, 0) is 4.74 Å². The molecule has 4 aromatic rings. The minimum absolute atomic E-state index is 0.109. The van der Waals surface area contributed by atoms with Gasteiger partial charge in [-0.2, -0.15) is 0 Å². The molecule has 0 radical (unpaired) electrons. The monoisotopic (exact) mass is 494 g/mol. The Bertz CT molecular complexity index is 1390. The van der Waals surface area contributed by atoms with E-state index >= 15 is 0 Å². The van der Waals surface area contributed by atoms with Crippen molar-refractivity contribution in [2.75, 3.05) is 31.6 Å². The van der Waals surface area contributed by atoms with Gasteiger partial charge in [-0.1, -0.05) is 41.9 Å². The molecule has 0 saturated carbocycles. The number of benzene rings is 2. The summed E-state index contributed by atoms with van der Waals surface area (Å²) in [7, 11) is 0. The molecular weight excluding hydrogens is 472 g/mol. The van der Waals surface area contributed by atoms with Gasteiger partial charge in [-0.15, -0.1) is 11.3 Å². The second-order valence-electron chi connectivity index (χ2n) is 8.18. The lowest BCUT2D eigenvalue weighted by Crippen LogP contribution is -2.41. The lowest BCUT2D eigenvalue weighted by Gasteiger charge is -2.27. The van der Waals surface area contributed by atoms with Gasteiger partial charge >= 0.3 is 0 Å². The van der Waals surface area contributed by atoms with E-state index in [4.69, 9.17) is 20.8 Å². The average Bonchev–Trinajstić information content (AvgIpc) is 3.36. The minimum atomic E-state index is -0.401. The lowest BCUT2D eigenvalue weighted by atomic mass is 10.1. The normalized spacial score (nSPS) is 13.9. The van der Waals surface area contributed by atoms with Crippen LogP contribution in [0.3, 0.4) is 0 Å². The summed E-state index contributed by atoms with van der Waals surface area (Å²) in [6, 6.07) is 15.1. The Morgan fingerprint density at radius 3 is 2.50 bits per heavy atom. The molecule has 8 heteroatoms. The number of halogens is 1. The number of nitrogens with zero attached hydrogens (tertiary/aromatic N) is 1. The number of morpholine rings is 1. The van der Waals surface area contributed by atoms with Crippen molar-refractivity contribution in [1.29, 1.82) is 0 Å². The highest BCUT2D eigenvalue weighted by molar-refractivity contribution is 7.20. The summed E-state index contributed by atoms with van der Waals surface area (Å²) >= 11 is 7.52. The van der Waals surface area contributed by atoms with Crippen molar-refractivity contribution in [1.82, 2.24) is 4.90 Å². The van der Waals surface area contributed by atoms with E-state index < -0.39 is 5.91 Å². The number of aryl methyl sites for hydroxylation is 1. The van der Waals surface area contributed by atoms with Gasteiger partial charge in [0.25, 0.3) is 11.8 Å². The molecule has 34 heavy (non-hydrogen) atoms. The highest BCUT2D eigenvalue weighted by Crippen LogP contribution is 2.41. The Balaban J connectivity index is 1.55. The molecule has 3 heterocycles. The van der Waals surface area contributed by atoms with Crippen LogP contribution in [-0.4, -0.2) is 43.0 Å². The number of hydrogen-bond donors (Lipinski definition) is 1. The Hall–Kier alpha value is -3.13. The first-order chi connectivity index (χ1) is 16.4. The molecule has 6 nitrogen and oxygen atoms in total. The van der Waals surface area contributed by atoms with Gasteiger partial charge in [0.1, 0.15) is 10.6 Å². The summed E-state index contributed by atoms with van der Waals surface area (Å²) in [5, 5.41) is 4.84. The molecule has 2 aromatic heterocycles. The van der Waals surface area contributed by atoms with Gasteiger partial charge in [0.15, 0.2) is 5.76 Å². The van der Waals surface area contributed by atoms with E-state index in [2.05, 4.69) is 5.32 Å². The molecule has 0 unspecified atom stereocenters. The third-order valence-electron chi connectivity index (χ3n) is 6.03. The van der Waals surface area contributed by atoms with Crippen LogP contribution in [0.4, 0.5) is 5.00 Å². The number of fused-ring (bicyclic) bond motifs is 1. The smallest absolute Gasteiger partial charge is 0.292 e. The molecule has 1 N–H and O–H groups in total. The standard InChI is InChI=1S/C26H23ClN2O4S/c1-15-19-14-18(27)8-9-20(19)33-22(15)24(30)28-25-21(26(31)29-10-12-32-13-11-29)16(2)23(34-25)17-6-4-3-5-7-17/h3-9,14H,10-13H2,1-2H3,(H,28,30). The predicted molar refractivity (Wildman–Crippen MR) is 135 cm³/mol. The summed E-state index contributed by atoms with van der Waals surface area (Å²) in [6.07, 6.45) is 0. The fraction of sp³-hybridized carbons (Fsp3) is 0.231. The Labute approximate surface area is 206 Å². The molecular formula is C26H23ClN2O4S. The Morgan fingerprint density at radius 2 is 1.76 bits per heavy atom.